The summed E-state index contributed by atoms with van der Waals surface area (Å²) in [4.78, 5) is 0. The van der Waals surface area contributed by atoms with Crippen LogP contribution in [0.15, 0.2) is 35.1 Å². The van der Waals surface area contributed by atoms with Gasteiger partial charge in [-0.2, -0.15) is 0 Å². The van der Waals surface area contributed by atoms with Gasteiger partial charge in [-0.15, -0.1) is 0 Å². The molecular formula is C12H9Cl3O2. The Bertz CT molecular complexity index is 520. The Morgan fingerprint density at radius 3 is 2.41 bits per heavy atom. The molecule has 5 heteroatoms. The summed E-state index contributed by atoms with van der Waals surface area (Å²) in [6.07, 6.45) is 0.931. The van der Waals surface area contributed by atoms with E-state index in [9.17, 15) is 10.2 Å². The van der Waals surface area contributed by atoms with Gasteiger partial charge in [0.1, 0.15) is 11.9 Å². The minimum atomic E-state index is -0.975. The maximum atomic E-state index is 9.61. The van der Waals surface area contributed by atoms with Crippen molar-refractivity contribution in [3.8, 4) is 0 Å². The van der Waals surface area contributed by atoms with Gasteiger partial charge in [-0.1, -0.05) is 40.9 Å². The highest BCUT2D eigenvalue weighted by Crippen LogP contribution is 2.33. The number of allylic oxidation sites excluding steroid dienone is 2. The van der Waals surface area contributed by atoms with Crippen LogP contribution in [0.2, 0.25) is 10.0 Å². The first-order valence-corrected chi connectivity index (χ1v) is 6.05. The van der Waals surface area contributed by atoms with E-state index in [-0.39, 0.29) is 10.8 Å². The molecule has 0 heterocycles. The van der Waals surface area contributed by atoms with Crippen molar-refractivity contribution < 1.29 is 10.2 Å². The molecule has 1 aromatic carbocycles. The minimum absolute atomic E-state index is 0.143. The Morgan fingerprint density at radius 1 is 1.12 bits per heavy atom. The summed E-state index contributed by atoms with van der Waals surface area (Å²) in [5.41, 5.74) is 1.63. The summed E-state index contributed by atoms with van der Waals surface area (Å²) in [7, 11) is 0. The lowest BCUT2D eigenvalue weighted by atomic mass is 9.95. The first kappa shape index (κ1) is 12.8. The van der Waals surface area contributed by atoms with Crippen LogP contribution in [-0.2, 0) is 0 Å². The van der Waals surface area contributed by atoms with Gasteiger partial charge in [-0.3, -0.25) is 0 Å². The van der Waals surface area contributed by atoms with E-state index < -0.39 is 6.10 Å². The molecule has 0 spiro atoms. The molecule has 2 N–H and O–H groups in total. The van der Waals surface area contributed by atoms with Crippen LogP contribution in [0.3, 0.4) is 0 Å². The third kappa shape index (κ3) is 2.61. The summed E-state index contributed by atoms with van der Waals surface area (Å²) < 4.78 is 0. The number of benzene rings is 1. The van der Waals surface area contributed by atoms with Gasteiger partial charge in [-0.25, -0.2) is 0 Å². The zero-order chi connectivity index (χ0) is 12.6. The van der Waals surface area contributed by atoms with E-state index in [0.29, 0.717) is 16.5 Å². The fraction of sp³-hybridized carbons (Fsp3) is 0.167. The fourth-order valence-corrected chi connectivity index (χ4v) is 2.20. The van der Waals surface area contributed by atoms with Gasteiger partial charge < -0.3 is 10.2 Å². The van der Waals surface area contributed by atoms with E-state index in [1.807, 2.05) is 0 Å². The Morgan fingerprint density at radius 2 is 1.82 bits per heavy atom. The topological polar surface area (TPSA) is 40.5 Å². The minimum Gasteiger partial charge on any atom is -0.508 e. The zero-order valence-corrected chi connectivity index (χ0v) is 10.9. The smallest absolute Gasteiger partial charge is 0.140 e. The van der Waals surface area contributed by atoms with Crippen molar-refractivity contribution in [1.29, 1.82) is 0 Å². The molecule has 1 aliphatic carbocycles. The first-order chi connectivity index (χ1) is 7.99. The quantitative estimate of drug-likeness (QED) is 0.816. The molecule has 2 rings (SSSR count). The fourth-order valence-electron chi connectivity index (χ4n) is 1.65. The van der Waals surface area contributed by atoms with Gasteiger partial charge in [0.2, 0.25) is 0 Å². The summed E-state index contributed by atoms with van der Waals surface area (Å²) in [6, 6.07) is 5.17. The molecule has 90 valence electrons. The molecule has 0 aliphatic heterocycles. The lowest BCUT2D eigenvalue weighted by molar-refractivity contribution is 0.155. The van der Waals surface area contributed by atoms with Gasteiger partial charge in [0.05, 0.1) is 15.1 Å². The summed E-state index contributed by atoms with van der Waals surface area (Å²) in [6.45, 7) is 0. The Kier molecular flexibility index (Phi) is 3.69. The number of aliphatic hydroxyl groups is 2. The van der Waals surface area contributed by atoms with Crippen LogP contribution in [0.4, 0.5) is 0 Å². The molecule has 0 saturated carbocycles. The van der Waals surface area contributed by atoms with E-state index in [2.05, 4.69) is 0 Å². The number of rotatable bonds is 1. The van der Waals surface area contributed by atoms with Crippen LogP contribution in [0.25, 0.3) is 5.57 Å². The van der Waals surface area contributed by atoms with Crippen molar-refractivity contribution in [1.82, 2.24) is 0 Å². The molecule has 1 aromatic rings. The van der Waals surface area contributed by atoms with Crippen LogP contribution in [-0.4, -0.2) is 16.3 Å². The maximum absolute atomic E-state index is 9.61. The highest BCUT2D eigenvalue weighted by molar-refractivity contribution is 6.42. The van der Waals surface area contributed by atoms with Crippen molar-refractivity contribution in [2.24, 2.45) is 0 Å². The second kappa shape index (κ2) is 4.91. The van der Waals surface area contributed by atoms with Crippen LogP contribution in [0.1, 0.15) is 12.0 Å². The lowest BCUT2D eigenvalue weighted by Gasteiger charge is -2.19. The van der Waals surface area contributed by atoms with Crippen molar-refractivity contribution in [2.75, 3.05) is 0 Å². The highest BCUT2D eigenvalue weighted by atomic mass is 35.5. The first-order valence-electron chi connectivity index (χ1n) is 4.91. The van der Waals surface area contributed by atoms with E-state index in [1.54, 1.807) is 24.3 Å². The summed E-state index contributed by atoms with van der Waals surface area (Å²) in [5.74, 6) is -0.199. The number of hydrogen-bond acceptors (Lipinski definition) is 2. The molecule has 0 radical (unpaired) electrons. The Hall–Kier alpha value is -0.670. The molecule has 0 amide bonds. The Labute approximate surface area is 114 Å². The molecule has 0 bridgehead atoms. The van der Waals surface area contributed by atoms with Crippen molar-refractivity contribution in [3.05, 3.63) is 50.7 Å². The molecule has 0 aromatic heterocycles. The highest BCUT2D eigenvalue weighted by Gasteiger charge is 2.21. The molecule has 1 atom stereocenters. The third-order valence-corrected chi connectivity index (χ3v) is 3.61. The second-order valence-electron chi connectivity index (χ2n) is 3.75. The van der Waals surface area contributed by atoms with Crippen molar-refractivity contribution in [2.45, 2.75) is 12.5 Å². The van der Waals surface area contributed by atoms with Gasteiger partial charge in [0.15, 0.2) is 0 Å². The maximum Gasteiger partial charge on any atom is 0.140 e. The van der Waals surface area contributed by atoms with Gasteiger partial charge >= 0.3 is 0 Å². The average Bonchev–Trinajstić information content (AvgIpc) is 2.29. The van der Waals surface area contributed by atoms with E-state index in [1.165, 1.54) is 0 Å². The van der Waals surface area contributed by atoms with Gasteiger partial charge in [-0.05, 0) is 29.3 Å². The van der Waals surface area contributed by atoms with E-state index >= 15 is 0 Å². The molecule has 2 nitrogen and oxygen atoms in total. The monoisotopic (exact) mass is 290 g/mol. The molecule has 1 aliphatic rings. The molecule has 17 heavy (non-hydrogen) atoms. The average molecular weight is 292 g/mol. The predicted molar refractivity (Wildman–Crippen MR) is 70.6 cm³/mol. The number of aliphatic hydroxyl groups excluding tert-OH is 2. The van der Waals surface area contributed by atoms with E-state index in [4.69, 9.17) is 34.8 Å². The zero-order valence-electron chi connectivity index (χ0n) is 8.62. The van der Waals surface area contributed by atoms with Crippen molar-refractivity contribution >= 4 is 40.4 Å². The second-order valence-corrected chi connectivity index (χ2v) is 4.97. The lowest BCUT2D eigenvalue weighted by Crippen LogP contribution is -2.15. The largest absolute Gasteiger partial charge is 0.508 e. The van der Waals surface area contributed by atoms with Crippen LogP contribution in [0, 0.1) is 0 Å². The van der Waals surface area contributed by atoms with Crippen LogP contribution in [0.5, 0.6) is 0 Å². The standard InChI is InChI=1S/C12H9Cl3O2/c13-8-2-1-6(3-9(8)14)7-4-10(15)12(17)11(16)5-7/h1-4,11,16-17H,5H2. The number of hydrogen-bond donors (Lipinski definition) is 2. The summed E-state index contributed by atoms with van der Waals surface area (Å²) in [5, 5.41) is 20.1. The van der Waals surface area contributed by atoms with E-state index in [0.717, 1.165) is 11.1 Å². The molecule has 0 fully saturated rings. The molecule has 0 saturated heterocycles. The SMILES string of the molecule is OC1=C(Cl)C=C(c2ccc(Cl)c(Cl)c2)CC1O. The summed E-state index contributed by atoms with van der Waals surface area (Å²) >= 11 is 17.6. The van der Waals surface area contributed by atoms with Crippen LogP contribution < -0.4 is 0 Å². The van der Waals surface area contributed by atoms with Crippen molar-refractivity contribution in [3.63, 3.8) is 0 Å². The third-order valence-electron chi connectivity index (χ3n) is 2.56. The normalized spacial score (nSPS) is 20.5. The van der Waals surface area contributed by atoms with Crippen LogP contribution >= 0.6 is 34.8 Å². The molecule has 1 unspecified atom stereocenters. The molecular weight excluding hydrogens is 282 g/mol. The number of halogens is 3. The Balaban J connectivity index is 2.42. The van der Waals surface area contributed by atoms with Gasteiger partial charge in [0.25, 0.3) is 0 Å². The predicted octanol–water partition coefficient (Wildman–Crippen LogP) is 4.15. The van der Waals surface area contributed by atoms with Gasteiger partial charge in [0, 0.05) is 6.42 Å².